The zero-order valence-corrected chi connectivity index (χ0v) is 13.6. The third-order valence-electron chi connectivity index (χ3n) is 2.85. The molecule has 21 heavy (non-hydrogen) atoms. The molecule has 0 aliphatic heterocycles. The minimum Gasteiger partial charge on any atom is -0.505 e. The van der Waals surface area contributed by atoms with E-state index in [0.717, 1.165) is 11.1 Å². The molecule has 0 fully saturated rings. The van der Waals surface area contributed by atoms with Crippen LogP contribution >= 0.6 is 34.8 Å². The SMILES string of the molecule is Cc1cc(C)cc(NC(=O)c2c(O)c(Cl)cc(Cl)c2Cl)c1. The topological polar surface area (TPSA) is 49.3 Å². The Hall–Kier alpha value is -1.42. The number of amides is 1. The number of carbonyl (C=O) groups is 1. The molecule has 110 valence electrons. The number of anilines is 1. The number of rotatable bonds is 2. The van der Waals surface area contributed by atoms with Crippen LogP contribution in [0.25, 0.3) is 0 Å². The maximum absolute atomic E-state index is 12.3. The smallest absolute Gasteiger partial charge is 0.261 e. The van der Waals surface area contributed by atoms with E-state index in [0.29, 0.717) is 5.69 Å². The normalized spacial score (nSPS) is 10.5. The summed E-state index contributed by atoms with van der Waals surface area (Å²) < 4.78 is 0. The molecule has 0 aliphatic carbocycles. The highest BCUT2D eigenvalue weighted by Crippen LogP contribution is 2.38. The van der Waals surface area contributed by atoms with Crippen molar-refractivity contribution in [2.45, 2.75) is 13.8 Å². The van der Waals surface area contributed by atoms with E-state index in [9.17, 15) is 9.90 Å². The molecule has 2 N–H and O–H groups in total. The molecule has 2 rings (SSSR count). The van der Waals surface area contributed by atoms with Crippen molar-refractivity contribution in [2.75, 3.05) is 5.32 Å². The van der Waals surface area contributed by atoms with E-state index < -0.39 is 11.7 Å². The van der Waals surface area contributed by atoms with Gasteiger partial charge in [0.1, 0.15) is 11.3 Å². The van der Waals surface area contributed by atoms with Gasteiger partial charge >= 0.3 is 0 Å². The molecule has 0 bridgehead atoms. The number of aryl methyl sites for hydroxylation is 2. The monoisotopic (exact) mass is 343 g/mol. The molecule has 0 unspecified atom stereocenters. The number of hydrogen-bond donors (Lipinski definition) is 2. The van der Waals surface area contributed by atoms with Gasteiger partial charge in [-0.15, -0.1) is 0 Å². The maximum atomic E-state index is 12.3. The van der Waals surface area contributed by atoms with Crippen LogP contribution in [-0.4, -0.2) is 11.0 Å². The van der Waals surface area contributed by atoms with Crippen molar-refractivity contribution in [1.29, 1.82) is 0 Å². The summed E-state index contributed by atoms with van der Waals surface area (Å²) in [7, 11) is 0. The Bertz CT molecular complexity index is 683. The lowest BCUT2D eigenvalue weighted by Gasteiger charge is -2.12. The predicted molar refractivity (Wildman–Crippen MR) is 87.0 cm³/mol. The molecule has 1 amide bonds. The van der Waals surface area contributed by atoms with Crippen LogP contribution in [0.15, 0.2) is 24.3 Å². The molecular weight excluding hydrogens is 333 g/mol. The minimum absolute atomic E-state index is 0.0324. The van der Waals surface area contributed by atoms with E-state index in [4.69, 9.17) is 34.8 Å². The standard InChI is InChI=1S/C15H12Cl3NO2/c1-7-3-8(2)5-9(4-7)19-15(21)12-13(18)10(16)6-11(17)14(12)20/h3-6,20H,1-2H3,(H,19,21). The molecule has 2 aromatic carbocycles. The van der Waals surface area contributed by atoms with E-state index >= 15 is 0 Å². The van der Waals surface area contributed by atoms with E-state index in [2.05, 4.69) is 5.32 Å². The Kier molecular flexibility index (Phi) is 4.67. The first kappa shape index (κ1) is 16.0. The van der Waals surface area contributed by atoms with E-state index in [1.54, 1.807) is 0 Å². The maximum Gasteiger partial charge on any atom is 0.261 e. The molecule has 3 nitrogen and oxygen atoms in total. The molecular formula is C15H12Cl3NO2. The molecule has 0 aromatic heterocycles. The Labute approximate surface area is 137 Å². The highest BCUT2D eigenvalue weighted by Gasteiger charge is 2.21. The number of benzene rings is 2. The number of carbonyl (C=O) groups excluding carboxylic acids is 1. The van der Waals surface area contributed by atoms with Crippen molar-refractivity contribution in [3.63, 3.8) is 0 Å². The van der Waals surface area contributed by atoms with Crippen LogP contribution in [0.2, 0.25) is 15.1 Å². The predicted octanol–water partition coefficient (Wildman–Crippen LogP) is 5.22. The Morgan fingerprint density at radius 3 is 2.14 bits per heavy atom. The van der Waals surface area contributed by atoms with Crippen molar-refractivity contribution >= 4 is 46.4 Å². The quantitative estimate of drug-likeness (QED) is 0.734. The van der Waals surface area contributed by atoms with Crippen LogP contribution in [0.3, 0.4) is 0 Å². The molecule has 0 aliphatic rings. The first-order chi connectivity index (χ1) is 9.79. The molecule has 2 aromatic rings. The Morgan fingerprint density at radius 1 is 1.00 bits per heavy atom. The van der Waals surface area contributed by atoms with Crippen molar-refractivity contribution in [3.05, 3.63) is 56.0 Å². The van der Waals surface area contributed by atoms with Gasteiger partial charge in [-0.1, -0.05) is 40.9 Å². The van der Waals surface area contributed by atoms with Crippen molar-refractivity contribution in [2.24, 2.45) is 0 Å². The fraction of sp³-hybridized carbons (Fsp3) is 0.133. The number of halogens is 3. The zero-order chi connectivity index (χ0) is 15.7. The first-order valence-corrected chi connectivity index (χ1v) is 7.19. The lowest BCUT2D eigenvalue weighted by atomic mass is 10.1. The summed E-state index contributed by atoms with van der Waals surface area (Å²) >= 11 is 17.7. The van der Waals surface area contributed by atoms with Crippen molar-refractivity contribution in [1.82, 2.24) is 0 Å². The molecule has 0 atom stereocenters. The van der Waals surface area contributed by atoms with Crippen LogP contribution in [0.5, 0.6) is 5.75 Å². The summed E-state index contributed by atoms with van der Waals surface area (Å²) in [5.41, 5.74) is 2.46. The highest BCUT2D eigenvalue weighted by molar-refractivity contribution is 6.46. The zero-order valence-electron chi connectivity index (χ0n) is 11.3. The summed E-state index contributed by atoms with van der Waals surface area (Å²) in [6.45, 7) is 3.84. The van der Waals surface area contributed by atoms with Gasteiger partial charge in [0, 0.05) is 5.69 Å². The van der Waals surface area contributed by atoms with Crippen molar-refractivity contribution in [3.8, 4) is 5.75 Å². The molecule has 0 heterocycles. The van der Waals surface area contributed by atoms with Gasteiger partial charge in [0.2, 0.25) is 0 Å². The lowest BCUT2D eigenvalue weighted by molar-refractivity contribution is 0.102. The fourth-order valence-electron chi connectivity index (χ4n) is 2.03. The van der Waals surface area contributed by atoms with Gasteiger partial charge in [-0.05, 0) is 43.2 Å². The summed E-state index contributed by atoms with van der Waals surface area (Å²) in [4.78, 5) is 12.3. The van der Waals surface area contributed by atoms with Crippen LogP contribution in [0.4, 0.5) is 5.69 Å². The van der Waals surface area contributed by atoms with E-state index in [1.807, 2.05) is 32.0 Å². The molecule has 0 spiro atoms. The number of phenolic OH excluding ortho intramolecular Hbond substituents is 1. The average molecular weight is 345 g/mol. The number of nitrogens with one attached hydrogen (secondary N) is 1. The third-order valence-corrected chi connectivity index (χ3v) is 3.93. The minimum atomic E-state index is -0.577. The van der Waals surface area contributed by atoms with Gasteiger partial charge < -0.3 is 10.4 Å². The van der Waals surface area contributed by atoms with Crippen LogP contribution < -0.4 is 5.32 Å². The second-order valence-electron chi connectivity index (χ2n) is 4.71. The van der Waals surface area contributed by atoms with Gasteiger partial charge in [0.25, 0.3) is 5.91 Å². The van der Waals surface area contributed by atoms with Crippen LogP contribution in [0.1, 0.15) is 21.5 Å². The Morgan fingerprint density at radius 2 is 1.57 bits per heavy atom. The summed E-state index contributed by atoms with van der Waals surface area (Å²) in [5.74, 6) is -0.972. The summed E-state index contributed by atoms with van der Waals surface area (Å²) in [6.07, 6.45) is 0. The molecule has 0 saturated heterocycles. The lowest BCUT2D eigenvalue weighted by Crippen LogP contribution is -2.13. The number of phenols is 1. The van der Waals surface area contributed by atoms with Crippen LogP contribution in [-0.2, 0) is 0 Å². The summed E-state index contributed by atoms with van der Waals surface area (Å²) in [6, 6.07) is 6.88. The Balaban J connectivity index is 2.41. The fourth-order valence-corrected chi connectivity index (χ4v) is 2.73. The second-order valence-corrected chi connectivity index (χ2v) is 5.90. The van der Waals surface area contributed by atoms with Crippen LogP contribution in [0, 0.1) is 13.8 Å². The largest absolute Gasteiger partial charge is 0.505 e. The molecule has 0 saturated carbocycles. The third kappa shape index (κ3) is 3.43. The highest BCUT2D eigenvalue weighted by atomic mass is 35.5. The molecule has 0 radical (unpaired) electrons. The number of hydrogen-bond acceptors (Lipinski definition) is 2. The first-order valence-electron chi connectivity index (χ1n) is 6.05. The van der Waals surface area contributed by atoms with Crippen molar-refractivity contribution < 1.29 is 9.90 Å². The molecule has 6 heteroatoms. The van der Waals surface area contributed by atoms with Gasteiger partial charge in [-0.25, -0.2) is 0 Å². The van der Waals surface area contributed by atoms with Gasteiger partial charge in [0.05, 0.1) is 15.1 Å². The van der Waals surface area contributed by atoms with Gasteiger partial charge in [-0.3, -0.25) is 4.79 Å². The van der Waals surface area contributed by atoms with Gasteiger partial charge in [0.15, 0.2) is 0 Å². The van der Waals surface area contributed by atoms with Gasteiger partial charge in [-0.2, -0.15) is 0 Å². The second kappa shape index (κ2) is 6.14. The number of aromatic hydroxyl groups is 1. The average Bonchev–Trinajstić information content (AvgIpc) is 2.35. The van der Waals surface area contributed by atoms with E-state index in [-0.39, 0.29) is 20.6 Å². The summed E-state index contributed by atoms with van der Waals surface area (Å²) in [5, 5.41) is 12.6. The van der Waals surface area contributed by atoms with E-state index in [1.165, 1.54) is 6.07 Å².